The van der Waals surface area contributed by atoms with Gasteiger partial charge >= 0.3 is 0 Å². The van der Waals surface area contributed by atoms with Crippen LogP contribution in [0.5, 0.6) is 0 Å². The number of fused-ring (bicyclic) bond motifs is 2. The summed E-state index contributed by atoms with van der Waals surface area (Å²) in [5, 5.41) is 3.01. The summed E-state index contributed by atoms with van der Waals surface area (Å²) in [7, 11) is 1.54. The van der Waals surface area contributed by atoms with Crippen LogP contribution in [0.25, 0.3) is 11.1 Å². The molecular weight excluding hydrogens is 378 g/mol. The maximum absolute atomic E-state index is 13.1. The number of aromatic amines is 1. The van der Waals surface area contributed by atoms with Crippen molar-refractivity contribution in [1.29, 1.82) is 0 Å². The maximum Gasteiger partial charge on any atom is 0.265 e. The molecule has 1 aliphatic rings. The minimum atomic E-state index is -0.837. The fourth-order valence-corrected chi connectivity index (χ4v) is 3.76. The smallest absolute Gasteiger partial charge is 0.265 e. The number of nitrogens with two attached hydrogens (primary N) is 1. The molecule has 0 spiro atoms. The van der Waals surface area contributed by atoms with Crippen molar-refractivity contribution in [3.05, 3.63) is 61.2 Å². The number of amides is 2. The molecule has 3 aromatic rings. The lowest BCUT2D eigenvalue weighted by atomic mass is 9.90. The Morgan fingerprint density at radius 2 is 2.14 bits per heavy atom. The van der Waals surface area contributed by atoms with Crippen LogP contribution < -0.4 is 22.2 Å². The highest BCUT2D eigenvalue weighted by atomic mass is 16.3. The number of furan rings is 1. The van der Waals surface area contributed by atoms with E-state index in [1.807, 2.05) is 0 Å². The highest BCUT2D eigenvalue weighted by molar-refractivity contribution is 6.06. The molecule has 10 heteroatoms. The molecule has 29 heavy (non-hydrogen) atoms. The standard InChI is InChI=1S/C19H19N5O5/c1-8-13(14-18(29-8)21-7-24(2)19(14)28)17(27)23-12-5-3-4-11-9(12)6-10(15(20)25)16(26)22-11/h6-7,12H,3-5H2,1-2H3,(H2,20,25)(H,22,26)(H,23,27). The number of primary amides is 1. The van der Waals surface area contributed by atoms with E-state index in [4.69, 9.17) is 10.2 Å². The van der Waals surface area contributed by atoms with Gasteiger partial charge in [-0.15, -0.1) is 0 Å². The van der Waals surface area contributed by atoms with Crippen LogP contribution >= 0.6 is 0 Å². The van der Waals surface area contributed by atoms with Crippen LogP contribution in [-0.2, 0) is 13.5 Å². The van der Waals surface area contributed by atoms with Gasteiger partial charge in [-0.1, -0.05) is 0 Å². The number of aryl methyl sites for hydroxylation is 3. The molecule has 3 aromatic heterocycles. The Kier molecular flexibility index (Phi) is 4.33. The van der Waals surface area contributed by atoms with E-state index in [0.29, 0.717) is 24.1 Å². The van der Waals surface area contributed by atoms with Gasteiger partial charge in [0.1, 0.15) is 23.0 Å². The van der Waals surface area contributed by atoms with Gasteiger partial charge in [0.05, 0.1) is 11.6 Å². The van der Waals surface area contributed by atoms with E-state index in [-0.39, 0.29) is 33.5 Å². The van der Waals surface area contributed by atoms with E-state index >= 15 is 0 Å². The second-order valence-corrected chi connectivity index (χ2v) is 7.10. The van der Waals surface area contributed by atoms with Gasteiger partial charge < -0.3 is 25.0 Å². The highest BCUT2D eigenvalue weighted by Crippen LogP contribution is 2.29. The van der Waals surface area contributed by atoms with Crippen LogP contribution in [-0.4, -0.2) is 26.3 Å². The summed E-state index contributed by atoms with van der Waals surface area (Å²) in [5.74, 6) is -1.05. The third-order valence-electron chi connectivity index (χ3n) is 5.20. The average molecular weight is 397 g/mol. The van der Waals surface area contributed by atoms with Crippen molar-refractivity contribution in [2.45, 2.75) is 32.2 Å². The molecule has 150 valence electrons. The minimum absolute atomic E-state index is 0.0974. The third kappa shape index (κ3) is 3.02. The van der Waals surface area contributed by atoms with Crippen LogP contribution in [0, 0.1) is 6.92 Å². The van der Waals surface area contributed by atoms with Gasteiger partial charge in [0.2, 0.25) is 5.71 Å². The molecule has 0 bridgehead atoms. The lowest BCUT2D eigenvalue weighted by molar-refractivity contribution is 0.0932. The van der Waals surface area contributed by atoms with E-state index in [1.54, 1.807) is 6.92 Å². The second kappa shape index (κ2) is 6.73. The number of rotatable bonds is 3. The van der Waals surface area contributed by atoms with E-state index < -0.39 is 23.4 Å². The summed E-state index contributed by atoms with van der Waals surface area (Å²) < 4.78 is 6.76. The summed E-state index contributed by atoms with van der Waals surface area (Å²) in [6.45, 7) is 1.59. The molecule has 2 amide bonds. The molecule has 1 unspecified atom stereocenters. The predicted molar refractivity (Wildman–Crippen MR) is 103 cm³/mol. The summed E-state index contributed by atoms with van der Waals surface area (Å²) in [6, 6.07) is 0.979. The fourth-order valence-electron chi connectivity index (χ4n) is 3.76. The van der Waals surface area contributed by atoms with E-state index in [9.17, 15) is 19.2 Å². The molecule has 0 aliphatic heterocycles. The van der Waals surface area contributed by atoms with Gasteiger partial charge in [-0.05, 0) is 37.8 Å². The van der Waals surface area contributed by atoms with Crippen molar-refractivity contribution in [1.82, 2.24) is 19.9 Å². The third-order valence-corrected chi connectivity index (χ3v) is 5.20. The van der Waals surface area contributed by atoms with Crippen LogP contribution in [0.3, 0.4) is 0 Å². The number of nitrogens with zero attached hydrogens (tertiary/aromatic N) is 2. The van der Waals surface area contributed by atoms with E-state index in [1.165, 1.54) is 24.0 Å². The lowest BCUT2D eigenvalue weighted by Gasteiger charge is -2.26. The zero-order valence-electron chi connectivity index (χ0n) is 15.9. The zero-order chi connectivity index (χ0) is 20.9. The Labute approximate surface area is 163 Å². The number of carbonyl (C=O) groups is 2. The monoisotopic (exact) mass is 397 g/mol. The van der Waals surface area contributed by atoms with Crippen LogP contribution in [0.2, 0.25) is 0 Å². The molecule has 0 aromatic carbocycles. The maximum atomic E-state index is 13.1. The minimum Gasteiger partial charge on any atom is -0.442 e. The van der Waals surface area contributed by atoms with Crippen LogP contribution in [0.4, 0.5) is 0 Å². The van der Waals surface area contributed by atoms with Crippen molar-refractivity contribution in [3.8, 4) is 0 Å². The van der Waals surface area contributed by atoms with Crippen molar-refractivity contribution >= 4 is 22.9 Å². The van der Waals surface area contributed by atoms with Crippen LogP contribution in [0.1, 0.15) is 56.6 Å². The van der Waals surface area contributed by atoms with Crippen LogP contribution in [0.15, 0.2) is 26.4 Å². The number of pyridine rings is 1. The highest BCUT2D eigenvalue weighted by Gasteiger charge is 2.28. The van der Waals surface area contributed by atoms with Gasteiger partial charge in [-0.25, -0.2) is 4.98 Å². The molecular formula is C19H19N5O5. The summed E-state index contributed by atoms with van der Waals surface area (Å²) in [5.41, 5.74) is 5.70. The van der Waals surface area contributed by atoms with Crippen molar-refractivity contribution < 1.29 is 14.0 Å². The van der Waals surface area contributed by atoms with Gasteiger partial charge in [0.15, 0.2) is 0 Å². The first-order valence-corrected chi connectivity index (χ1v) is 9.09. The second-order valence-electron chi connectivity index (χ2n) is 7.10. The number of aromatic nitrogens is 3. The summed E-state index contributed by atoms with van der Waals surface area (Å²) >= 11 is 0. The van der Waals surface area contributed by atoms with E-state index in [2.05, 4.69) is 15.3 Å². The molecule has 4 rings (SSSR count). The van der Waals surface area contributed by atoms with Gasteiger partial charge in [-0.3, -0.25) is 19.2 Å². The van der Waals surface area contributed by atoms with E-state index in [0.717, 1.165) is 6.42 Å². The quantitative estimate of drug-likeness (QED) is 0.582. The molecule has 1 atom stereocenters. The molecule has 10 nitrogen and oxygen atoms in total. The number of H-pyrrole nitrogens is 1. The van der Waals surface area contributed by atoms with Crippen molar-refractivity contribution in [2.24, 2.45) is 12.8 Å². The molecule has 0 fully saturated rings. The number of carbonyl (C=O) groups excluding carboxylic acids is 2. The van der Waals surface area contributed by atoms with Gasteiger partial charge in [0, 0.05) is 12.7 Å². The predicted octanol–water partition coefficient (Wildman–Crippen LogP) is 0.430. The Hall–Kier alpha value is -3.69. The van der Waals surface area contributed by atoms with Crippen molar-refractivity contribution in [3.63, 3.8) is 0 Å². The largest absolute Gasteiger partial charge is 0.442 e. The topological polar surface area (TPSA) is 153 Å². The summed E-state index contributed by atoms with van der Waals surface area (Å²) in [6.07, 6.45) is 3.29. The molecule has 3 heterocycles. The van der Waals surface area contributed by atoms with Gasteiger partial charge in [0.25, 0.3) is 22.9 Å². The fraction of sp³-hybridized carbons (Fsp3) is 0.316. The molecule has 1 aliphatic carbocycles. The zero-order valence-corrected chi connectivity index (χ0v) is 15.9. The number of nitrogens with one attached hydrogen (secondary N) is 2. The first-order valence-electron chi connectivity index (χ1n) is 9.09. The normalized spacial score (nSPS) is 15.9. The van der Waals surface area contributed by atoms with Gasteiger partial charge in [-0.2, -0.15) is 0 Å². The average Bonchev–Trinajstić information content (AvgIpc) is 3.01. The van der Waals surface area contributed by atoms with Crippen molar-refractivity contribution in [2.75, 3.05) is 0 Å². The Morgan fingerprint density at radius 3 is 2.86 bits per heavy atom. The lowest BCUT2D eigenvalue weighted by Crippen LogP contribution is -2.34. The first kappa shape index (κ1) is 18.7. The Bertz CT molecular complexity index is 1280. The molecule has 0 radical (unpaired) electrons. The molecule has 0 saturated heterocycles. The Morgan fingerprint density at radius 1 is 1.38 bits per heavy atom. The first-order chi connectivity index (χ1) is 13.8. The number of hydrogen-bond donors (Lipinski definition) is 3. The summed E-state index contributed by atoms with van der Waals surface area (Å²) in [4.78, 5) is 55.9. The number of hydrogen-bond acceptors (Lipinski definition) is 6. The molecule has 0 saturated carbocycles. The SMILES string of the molecule is Cc1oc2ncn(C)c(=O)c2c1C(=O)NC1CCCc2[nH]c(=O)c(C(N)=O)cc21. The molecule has 4 N–H and O–H groups in total. The Balaban J connectivity index is 1.76.